The monoisotopic (exact) mass is 559 g/mol. The molecular formula is C30H33N5O2S2. The summed E-state index contributed by atoms with van der Waals surface area (Å²) in [6, 6.07) is 18.4. The largest absolute Gasteiger partial charge is 0.353 e. The van der Waals surface area contributed by atoms with Crippen molar-refractivity contribution in [3.63, 3.8) is 0 Å². The normalized spacial score (nSPS) is 15.4. The number of amides is 2. The molecule has 0 unspecified atom stereocenters. The summed E-state index contributed by atoms with van der Waals surface area (Å²) in [4.78, 5) is 30.6. The maximum Gasteiger partial charge on any atom is 0.240 e. The zero-order valence-corrected chi connectivity index (χ0v) is 24.3. The van der Waals surface area contributed by atoms with Gasteiger partial charge in [-0.3, -0.25) is 14.5 Å². The van der Waals surface area contributed by atoms with Gasteiger partial charge in [-0.25, -0.2) is 4.68 Å². The Hall–Kier alpha value is -3.40. The van der Waals surface area contributed by atoms with E-state index in [4.69, 9.17) is 5.10 Å². The zero-order chi connectivity index (χ0) is 27.5. The molecule has 1 atom stereocenters. The minimum atomic E-state index is -0.190. The number of carbonyl (C=O) groups is 2. The first-order valence-electron chi connectivity index (χ1n) is 12.9. The summed E-state index contributed by atoms with van der Waals surface area (Å²) in [5.41, 5.74) is 6.97. The predicted molar refractivity (Wildman–Crippen MR) is 161 cm³/mol. The number of benzene rings is 2. The maximum absolute atomic E-state index is 13.8. The summed E-state index contributed by atoms with van der Waals surface area (Å²) in [5, 5.41) is 12.3. The molecule has 7 nitrogen and oxygen atoms in total. The Labute approximate surface area is 237 Å². The molecule has 0 saturated carbocycles. The van der Waals surface area contributed by atoms with Gasteiger partial charge < -0.3 is 10.2 Å². The number of anilines is 1. The molecule has 202 valence electrons. The molecule has 3 heterocycles. The lowest BCUT2D eigenvalue weighted by atomic mass is 10.0. The third-order valence-corrected chi connectivity index (χ3v) is 8.70. The van der Waals surface area contributed by atoms with E-state index >= 15 is 0 Å². The highest BCUT2D eigenvalue weighted by atomic mass is 32.2. The molecule has 4 aromatic rings. The number of hydrogen-bond acceptors (Lipinski definition) is 6. The number of thiophene rings is 1. The average molecular weight is 560 g/mol. The lowest BCUT2D eigenvalue weighted by molar-refractivity contribution is -0.122. The standard InChI is InChI=1S/C30H33N5O2S2/c1-20-10-11-24(21(2)16-20)35-30-27(28(32-35)22-8-6-5-7-9-22)29(23-12-15-38-18-23)39-19-26(37)34(30)17-25(36)31-13-14-33(3)4/h5-12,15-16,18,29H,13-14,17,19H2,1-4H3,(H,31,36)/t29-/m1/s1. The SMILES string of the molecule is Cc1ccc(-n2nc(-c3ccccc3)c3c2N(CC(=O)NCCN(C)C)C(=O)CS[C@@H]3c2ccsc2)c(C)c1. The van der Waals surface area contributed by atoms with Crippen LogP contribution in [0.2, 0.25) is 0 Å². The number of aryl methyl sites for hydroxylation is 2. The first-order chi connectivity index (χ1) is 18.8. The Morgan fingerprint density at radius 2 is 1.92 bits per heavy atom. The fourth-order valence-corrected chi connectivity index (χ4v) is 6.81. The smallest absolute Gasteiger partial charge is 0.240 e. The number of likely N-dealkylation sites (N-methyl/N-ethyl adjacent to an activating group) is 1. The lowest BCUT2D eigenvalue weighted by Gasteiger charge is -2.24. The number of aromatic nitrogens is 2. The van der Waals surface area contributed by atoms with Crippen molar-refractivity contribution < 1.29 is 9.59 Å². The third-order valence-electron chi connectivity index (χ3n) is 6.75. The number of nitrogens with zero attached hydrogens (tertiary/aromatic N) is 4. The highest BCUT2D eigenvalue weighted by Gasteiger charge is 2.38. The fraction of sp³-hybridized carbons (Fsp3) is 0.300. The van der Waals surface area contributed by atoms with Gasteiger partial charge in [-0.15, -0.1) is 11.8 Å². The molecule has 2 aromatic heterocycles. The van der Waals surface area contributed by atoms with E-state index in [1.165, 1.54) is 0 Å². The Balaban J connectivity index is 1.72. The fourth-order valence-electron chi connectivity index (χ4n) is 4.85. The number of thioether (sulfide) groups is 1. The number of carbonyl (C=O) groups excluding carboxylic acids is 2. The van der Waals surface area contributed by atoms with Crippen molar-refractivity contribution in [1.82, 2.24) is 20.0 Å². The summed E-state index contributed by atoms with van der Waals surface area (Å²) in [7, 11) is 3.93. The van der Waals surface area contributed by atoms with Crippen LogP contribution >= 0.6 is 23.1 Å². The summed E-state index contributed by atoms with van der Waals surface area (Å²) >= 11 is 3.23. The quantitative estimate of drug-likeness (QED) is 0.327. The van der Waals surface area contributed by atoms with Gasteiger partial charge in [0.1, 0.15) is 12.4 Å². The van der Waals surface area contributed by atoms with Crippen LogP contribution in [0.1, 0.15) is 27.5 Å². The Morgan fingerprint density at radius 3 is 2.62 bits per heavy atom. The van der Waals surface area contributed by atoms with Gasteiger partial charge in [0.05, 0.1) is 22.4 Å². The van der Waals surface area contributed by atoms with E-state index in [1.54, 1.807) is 28.0 Å². The molecule has 39 heavy (non-hydrogen) atoms. The minimum Gasteiger partial charge on any atom is -0.353 e. The lowest BCUT2D eigenvalue weighted by Crippen LogP contribution is -2.43. The van der Waals surface area contributed by atoms with Crippen molar-refractivity contribution in [3.8, 4) is 16.9 Å². The van der Waals surface area contributed by atoms with Gasteiger partial charge in [-0.2, -0.15) is 16.4 Å². The van der Waals surface area contributed by atoms with E-state index in [0.717, 1.165) is 45.7 Å². The summed E-state index contributed by atoms with van der Waals surface area (Å²) in [6.45, 7) is 5.28. The second-order valence-electron chi connectivity index (χ2n) is 10.0. The summed E-state index contributed by atoms with van der Waals surface area (Å²) in [6.07, 6.45) is 0. The van der Waals surface area contributed by atoms with E-state index in [-0.39, 0.29) is 29.4 Å². The van der Waals surface area contributed by atoms with Crippen LogP contribution in [0.15, 0.2) is 65.4 Å². The van der Waals surface area contributed by atoms with Crippen LogP contribution in [0.4, 0.5) is 5.82 Å². The van der Waals surface area contributed by atoms with Gasteiger partial charge in [0.15, 0.2) is 0 Å². The zero-order valence-electron chi connectivity index (χ0n) is 22.7. The average Bonchev–Trinajstić information content (AvgIpc) is 3.54. The van der Waals surface area contributed by atoms with Crippen LogP contribution in [0.25, 0.3) is 16.9 Å². The Bertz CT molecular complexity index is 1460. The van der Waals surface area contributed by atoms with E-state index in [0.29, 0.717) is 12.4 Å². The van der Waals surface area contributed by atoms with Crippen molar-refractivity contribution in [2.24, 2.45) is 0 Å². The van der Waals surface area contributed by atoms with Crippen LogP contribution in [-0.2, 0) is 9.59 Å². The van der Waals surface area contributed by atoms with Crippen molar-refractivity contribution >= 4 is 40.7 Å². The Kier molecular flexibility index (Phi) is 8.20. The molecule has 2 amide bonds. The maximum atomic E-state index is 13.8. The molecule has 0 saturated heterocycles. The predicted octanol–water partition coefficient (Wildman–Crippen LogP) is 5.06. The van der Waals surface area contributed by atoms with Gasteiger partial charge in [-0.1, -0.05) is 48.0 Å². The van der Waals surface area contributed by atoms with Crippen LogP contribution in [0.3, 0.4) is 0 Å². The molecule has 9 heteroatoms. The van der Waals surface area contributed by atoms with E-state index in [1.807, 2.05) is 47.9 Å². The van der Waals surface area contributed by atoms with Gasteiger partial charge in [-0.05, 0) is 62.0 Å². The number of nitrogens with one attached hydrogen (secondary N) is 1. The summed E-state index contributed by atoms with van der Waals surface area (Å²) < 4.78 is 1.88. The van der Waals surface area contributed by atoms with E-state index in [9.17, 15) is 9.59 Å². The highest BCUT2D eigenvalue weighted by molar-refractivity contribution is 8.00. The Morgan fingerprint density at radius 1 is 1.13 bits per heavy atom. The van der Waals surface area contributed by atoms with Crippen molar-refractivity contribution in [1.29, 1.82) is 0 Å². The molecule has 1 aliphatic rings. The number of rotatable bonds is 8. The minimum absolute atomic E-state index is 0.0684. The van der Waals surface area contributed by atoms with E-state index in [2.05, 4.69) is 60.3 Å². The molecule has 0 bridgehead atoms. The molecule has 0 fully saturated rings. The molecule has 0 radical (unpaired) electrons. The second kappa shape index (κ2) is 11.8. The van der Waals surface area contributed by atoms with E-state index < -0.39 is 0 Å². The highest BCUT2D eigenvalue weighted by Crippen LogP contribution is 2.49. The second-order valence-corrected chi connectivity index (χ2v) is 11.9. The molecule has 5 rings (SSSR count). The molecule has 2 aromatic carbocycles. The van der Waals surface area contributed by atoms with Crippen molar-refractivity contribution in [2.45, 2.75) is 19.1 Å². The molecule has 0 spiro atoms. The van der Waals surface area contributed by atoms with Gasteiger partial charge >= 0.3 is 0 Å². The van der Waals surface area contributed by atoms with Gasteiger partial charge in [0.25, 0.3) is 0 Å². The third kappa shape index (κ3) is 5.80. The van der Waals surface area contributed by atoms with Crippen molar-refractivity contribution in [2.75, 3.05) is 44.4 Å². The van der Waals surface area contributed by atoms with Crippen LogP contribution in [-0.4, -0.2) is 66.0 Å². The number of hydrogen-bond donors (Lipinski definition) is 1. The molecular weight excluding hydrogens is 526 g/mol. The van der Waals surface area contributed by atoms with Crippen LogP contribution in [0.5, 0.6) is 0 Å². The van der Waals surface area contributed by atoms with Crippen LogP contribution < -0.4 is 10.2 Å². The first-order valence-corrected chi connectivity index (χ1v) is 14.9. The molecule has 0 aliphatic carbocycles. The number of fused-ring (bicyclic) bond motifs is 1. The van der Waals surface area contributed by atoms with Crippen molar-refractivity contribution in [3.05, 3.63) is 87.6 Å². The first kappa shape index (κ1) is 27.2. The molecule has 1 N–H and O–H groups in total. The van der Waals surface area contributed by atoms with Gasteiger partial charge in [0.2, 0.25) is 11.8 Å². The summed E-state index contributed by atoms with van der Waals surface area (Å²) in [5.74, 6) is 0.633. The van der Waals surface area contributed by atoms with Crippen LogP contribution in [0, 0.1) is 13.8 Å². The molecule has 1 aliphatic heterocycles. The van der Waals surface area contributed by atoms with Gasteiger partial charge in [0, 0.05) is 24.2 Å². The topological polar surface area (TPSA) is 70.5 Å².